The van der Waals surface area contributed by atoms with Crippen LogP contribution in [0, 0.1) is 20.8 Å². The molecule has 0 bridgehead atoms. The van der Waals surface area contributed by atoms with Gasteiger partial charge in [-0.25, -0.2) is 4.57 Å². The quantitative estimate of drug-likeness (QED) is 0.121. The number of fused-ring (bicyclic) bond motifs is 6. The molecule has 0 saturated heterocycles. The van der Waals surface area contributed by atoms with E-state index in [2.05, 4.69) is 127 Å². The topological polar surface area (TPSA) is 21.2 Å². The molecule has 0 aliphatic rings. The highest BCUT2D eigenvalue weighted by atomic mass is 15.0. The van der Waals surface area contributed by atoms with E-state index in [0.717, 1.165) is 5.52 Å². The molecule has 0 amide bonds. The molecule has 7 rings (SSSR count). The predicted molar refractivity (Wildman–Crippen MR) is 179 cm³/mol. The van der Waals surface area contributed by atoms with Crippen molar-refractivity contribution >= 4 is 49.1 Å². The van der Waals surface area contributed by atoms with Crippen LogP contribution < -0.4 is 4.57 Å². The fraction of sp³-hybridized carbons (Fsp3) is 0.333. The second-order valence-electron chi connectivity index (χ2n) is 13.5. The van der Waals surface area contributed by atoms with E-state index in [1.165, 1.54) is 88.1 Å². The maximum atomic E-state index is 5.11. The summed E-state index contributed by atoms with van der Waals surface area (Å²) in [6.45, 7) is 20.8. The van der Waals surface area contributed by atoms with Gasteiger partial charge in [0.2, 0.25) is 0 Å². The zero-order valence-corrected chi connectivity index (χ0v) is 26.8. The lowest BCUT2D eigenvalue weighted by Gasteiger charge is -2.24. The van der Waals surface area contributed by atoms with Crippen LogP contribution in [-0.2, 0) is 7.05 Å². The SMILES string of the molecule is Cc1cc(C)c2c(c1C)c1c3c(cc(-c4c(C(C)C)cc(C(C)C)cc4C(C)C)c4c5ccccc5n2c43)nc[n+]1C. The molecule has 3 heterocycles. The standard InChI is InChI=1S/C39H42N3/c1-20(2)26-16-28(21(3)4)34(29(17-26)22(5)6)30-18-31-36-38(41(10)19-40-31)33-25(9)23(7)15-24(8)37(33)42-32-14-12-11-13-27(32)35(30)39(36)42/h11-22H,1-10H3/q+1. The molecule has 0 radical (unpaired) electrons. The third-order valence-electron chi connectivity index (χ3n) is 9.75. The van der Waals surface area contributed by atoms with E-state index in [4.69, 9.17) is 4.98 Å². The number of hydrogen-bond donors (Lipinski definition) is 0. The highest BCUT2D eigenvalue weighted by molar-refractivity contribution is 6.30. The number of aryl methyl sites for hydroxylation is 4. The molecule has 3 nitrogen and oxygen atoms in total. The van der Waals surface area contributed by atoms with Gasteiger partial charge in [0, 0.05) is 16.2 Å². The van der Waals surface area contributed by atoms with Crippen LogP contribution in [0.15, 0.2) is 54.9 Å². The first-order valence-electron chi connectivity index (χ1n) is 15.5. The van der Waals surface area contributed by atoms with Gasteiger partial charge in [0.1, 0.15) is 5.52 Å². The molecule has 212 valence electrons. The molecule has 0 fully saturated rings. The van der Waals surface area contributed by atoms with E-state index in [9.17, 15) is 0 Å². The minimum atomic E-state index is 0.397. The second-order valence-corrected chi connectivity index (χ2v) is 13.5. The van der Waals surface area contributed by atoms with E-state index in [0.29, 0.717) is 17.8 Å². The molecule has 0 saturated carbocycles. The van der Waals surface area contributed by atoms with Crippen LogP contribution >= 0.6 is 0 Å². The van der Waals surface area contributed by atoms with Gasteiger partial charge in [-0.2, -0.15) is 0 Å². The predicted octanol–water partition coefficient (Wildman–Crippen LogP) is 10.2. The van der Waals surface area contributed by atoms with Gasteiger partial charge < -0.3 is 4.40 Å². The first kappa shape index (κ1) is 26.9. The first-order valence-corrected chi connectivity index (χ1v) is 15.5. The van der Waals surface area contributed by atoms with Crippen LogP contribution in [0.1, 0.15) is 92.7 Å². The molecular weight excluding hydrogens is 510 g/mol. The Labute approximate surface area is 249 Å². The number of hydrogen-bond acceptors (Lipinski definition) is 1. The molecular formula is C39H42N3+. The number of para-hydroxylation sites is 1. The molecule has 4 aromatic carbocycles. The van der Waals surface area contributed by atoms with Gasteiger partial charge in [0.15, 0.2) is 5.52 Å². The summed E-state index contributed by atoms with van der Waals surface area (Å²) >= 11 is 0. The summed E-state index contributed by atoms with van der Waals surface area (Å²) in [5.41, 5.74) is 17.2. The Balaban J connectivity index is 1.84. The van der Waals surface area contributed by atoms with Crippen LogP contribution in [0.3, 0.4) is 0 Å². The van der Waals surface area contributed by atoms with Crippen molar-refractivity contribution in [3.05, 3.63) is 88.2 Å². The van der Waals surface area contributed by atoms with Gasteiger partial charge in [-0.3, -0.25) is 0 Å². The summed E-state index contributed by atoms with van der Waals surface area (Å²) in [4.78, 5) is 5.11. The summed E-state index contributed by atoms with van der Waals surface area (Å²) in [7, 11) is 2.15. The van der Waals surface area contributed by atoms with Crippen molar-refractivity contribution in [1.29, 1.82) is 0 Å². The zero-order valence-electron chi connectivity index (χ0n) is 26.8. The van der Waals surface area contributed by atoms with Crippen molar-refractivity contribution in [2.75, 3.05) is 0 Å². The second kappa shape index (κ2) is 9.26. The maximum Gasteiger partial charge on any atom is 0.287 e. The fourth-order valence-electron chi connectivity index (χ4n) is 7.52. The molecule has 7 aromatic rings. The lowest BCUT2D eigenvalue weighted by molar-refractivity contribution is -0.646. The molecule has 0 unspecified atom stereocenters. The average molecular weight is 553 g/mol. The van der Waals surface area contributed by atoms with Crippen LogP contribution in [0.4, 0.5) is 0 Å². The Kier molecular flexibility index (Phi) is 5.93. The summed E-state index contributed by atoms with van der Waals surface area (Å²) < 4.78 is 4.80. The minimum Gasteiger partial charge on any atom is -0.307 e. The molecule has 0 spiro atoms. The smallest absolute Gasteiger partial charge is 0.287 e. The van der Waals surface area contributed by atoms with E-state index < -0.39 is 0 Å². The fourth-order valence-corrected chi connectivity index (χ4v) is 7.52. The number of benzene rings is 4. The van der Waals surface area contributed by atoms with E-state index >= 15 is 0 Å². The number of nitrogens with zero attached hydrogens (tertiary/aromatic N) is 3. The normalized spacial score (nSPS) is 12.7. The van der Waals surface area contributed by atoms with Crippen molar-refractivity contribution in [2.24, 2.45) is 7.05 Å². The van der Waals surface area contributed by atoms with Gasteiger partial charge >= 0.3 is 0 Å². The van der Waals surface area contributed by atoms with E-state index in [1.807, 2.05) is 6.33 Å². The van der Waals surface area contributed by atoms with Gasteiger partial charge in [-0.15, -0.1) is 0 Å². The molecule has 3 heteroatoms. The summed E-state index contributed by atoms with van der Waals surface area (Å²) in [5.74, 6) is 1.27. The van der Waals surface area contributed by atoms with Gasteiger partial charge in [0.25, 0.3) is 6.33 Å². The number of aromatic nitrogens is 3. The Morgan fingerprint density at radius 2 is 1.38 bits per heavy atom. The number of pyridine rings is 1. The van der Waals surface area contributed by atoms with Crippen molar-refractivity contribution in [1.82, 2.24) is 9.38 Å². The van der Waals surface area contributed by atoms with Crippen LogP contribution in [0.5, 0.6) is 0 Å². The summed E-state index contributed by atoms with van der Waals surface area (Å²) in [5, 5.41) is 5.24. The van der Waals surface area contributed by atoms with Crippen LogP contribution in [0.25, 0.3) is 60.3 Å². The summed E-state index contributed by atoms with van der Waals surface area (Å²) in [6.07, 6.45) is 2.01. The average Bonchev–Trinajstić information content (AvgIpc) is 3.30. The van der Waals surface area contributed by atoms with Crippen molar-refractivity contribution < 1.29 is 4.57 Å². The Morgan fingerprint density at radius 3 is 2.02 bits per heavy atom. The van der Waals surface area contributed by atoms with Crippen LogP contribution in [0.2, 0.25) is 0 Å². The van der Waals surface area contributed by atoms with Gasteiger partial charge in [-0.1, -0.05) is 77.9 Å². The first-order chi connectivity index (χ1) is 20.0. The maximum absolute atomic E-state index is 5.11. The molecule has 42 heavy (non-hydrogen) atoms. The minimum absolute atomic E-state index is 0.397. The highest BCUT2D eigenvalue weighted by Gasteiger charge is 2.29. The lowest BCUT2D eigenvalue weighted by Crippen LogP contribution is -2.30. The highest BCUT2D eigenvalue weighted by Crippen LogP contribution is 2.48. The monoisotopic (exact) mass is 552 g/mol. The Hall–Kier alpha value is -3.98. The third kappa shape index (κ3) is 3.52. The third-order valence-corrected chi connectivity index (χ3v) is 9.75. The molecule has 0 aliphatic carbocycles. The zero-order chi connectivity index (χ0) is 29.8. The summed E-state index contributed by atoms with van der Waals surface area (Å²) in [6, 6.07) is 18.7. The van der Waals surface area contributed by atoms with Crippen LogP contribution in [-0.4, -0.2) is 9.38 Å². The van der Waals surface area contributed by atoms with Crippen molar-refractivity contribution in [3.8, 4) is 11.1 Å². The Morgan fingerprint density at radius 1 is 0.714 bits per heavy atom. The molecule has 0 N–H and O–H groups in total. The largest absolute Gasteiger partial charge is 0.307 e. The Bertz CT molecular complexity index is 2180. The van der Waals surface area contributed by atoms with Gasteiger partial charge in [0.05, 0.1) is 29.0 Å². The van der Waals surface area contributed by atoms with E-state index in [1.54, 1.807) is 0 Å². The molecule has 0 atom stereocenters. The lowest BCUT2D eigenvalue weighted by atomic mass is 9.80. The molecule has 0 aliphatic heterocycles. The van der Waals surface area contributed by atoms with E-state index in [-0.39, 0.29) is 0 Å². The number of rotatable bonds is 4. The molecule has 3 aromatic heterocycles. The van der Waals surface area contributed by atoms with Crippen molar-refractivity contribution in [2.45, 2.75) is 80.1 Å². The van der Waals surface area contributed by atoms with Gasteiger partial charge in [-0.05, 0) is 100 Å². The van der Waals surface area contributed by atoms with Crippen molar-refractivity contribution in [3.63, 3.8) is 0 Å².